The van der Waals surface area contributed by atoms with Gasteiger partial charge in [0.15, 0.2) is 0 Å². The maximum atomic E-state index is 9.67. The molecule has 1 heterocycles. The normalized spacial score (nSPS) is 11.5. The average Bonchev–Trinajstić information content (AvgIpc) is 3.01. The van der Waals surface area contributed by atoms with Gasteiger partial charge in [0.1, 0.15) is 11.4 Å². The van der Waals surface area contributed by atoms with Gasteiger partial charge in [0.2, 0.25) is 0 Å². The van der Waals surface area contributed by atoms with Crippen molar-refractivity contribution in [1.82, 2.24) is 0 Å². The molecular formula is C18H14N2OS. The van der Waals surface area contributed by atoms with Gasteiger partial charge in [-0.15, -0.1) is 11.3 Å². The predicted octanol–water partition coefficient (Wildman–Crippen LogP) is 4.95. The summed E-state index contributed by atoms with van der Waals surface area (Å²) in [4.78, 5) is 10.8. The molecule has 22 heavy (non-hydrogen) atoms. The second-order valence-corrected chi connectivity index (χ2v) is 5.73. The molecular weight excluding hydrogens is 292 g/mol. The minimum atomic E-state index is 0.182. The van der Waals surface area contributed by atoms with Crippen LogP contribution in [0.25, 0.3) is 0 Å². The second kappa shape index (κ2) is 6.83. The van der Waals surface area contributed by atoms with E-state index < -0.39 is 0 Å². The highest BCUT2D eigenvalue weighted by molar-refractivity contribution is 7.15. The van der Waals surface area contributed by atoms with E-state index in [0.29, 0.717) is 5.69 Å². The van der Waals surface area contributed by atoms with Gasteiger partial charge in [-0.05, 0) is 36.4 Å². The molecule has 0 spiro atoms. The standard InChI is InChI=1S/C18H14N2OS/c21-18-9-5-4-8-17(18)20-13-16-11-10-15(22-16)12-19-14-6-2-1-3-7-14/h1-13,21H. The van der Waals surface area contributed by atoms with E-state index in [1.54, 1.807) is 35.8 Å². The van der Waals surface area contributed by atoms with Gasteiger partial charge in [-0.1, -0.05) is 30.3 Å². The molecule has 1 N–H and O–H groups in total. The van der Waals surface area contributed by atoms with Crippen LogP contribution in [0.2, 0.25) is 0 Å². The van der Waals surface area contributed by atoms with Gasteiger partial charge in [0, 0.05) is 22.2 Å². The summed E-state index contributed by atoms with van der Waals surface area (Å²) in [6, 6.07) is 20.8. The Bertz CT molecular complexity index is 807. The Hall–Kier alpha value is -2.72. The van der Waals surface area contributed by atoms with E-state index in [1.807, 2.05) is 54.7 Å². The molecule has 3 nitrogen and oxygen atoms in total. The molecule has 0 radical (unpaired) electrons. The van der Waals surface area contributed by atoms with Crippen molar-refractivity contribution in [1.29, 1.82) is 0 Å². The van der Waals surface area contributed by atoms with Crippen molar-refractivity contribution in [3.8, 4) is 5.75 Å². The minimum Gasteiger partial charge on any atom is -0.506 e. The number of phenols is 1. The van der Waals surface area contributed by atoms with Gasteiger partial charge < -0.3 is 5.11 Å². The van der Waals surface area contributed by atoms with Gasteiger partial charge in [0.25, 0.3) is 0 Å². The first-order chi connectivity index (χ1) is 10.8. The average molecular weight is 306 g/mol. The van der Waals surface area contributed by atoms with Crippen LogP contribution in [0.4, 0.5) is 11.4 Å². The summed E-state index contributed by atoms with van der Waals surface area (Å²) in [5.74, 6) is 0.182. The fourth-order valence-corrected chi connectivity index (χ4v) is 2.62. The number of thiophene rings is 1. The summed E-state index contributed by atoms with van der Waals surface area (Å²) in [6.07, 6.45) is 3.59. The maximum absolute atomic E-state index is 9.67. The zero-order valence-corrected chi connectivity index (χ0v) is 12.6. The number of aromatic hydroxyl groups is 1. The van der Waals surface area contributed by atoms with Crippen LogP contribution in [-0.2, 0) is 0 Å². The van der Waals surface area contributed by atoms with Crippen LogP contribution in [-0.4, -0.2) is 17.5 Å². The fraction of sp³-hybridized carbons (Fsp3) is 0. The summed E-state index contributed by atoms with van der Waals surface area (Å²) in [5, 5.41) is 9.67. The number of nitrogens with zero attached hydrogens (tertiary/aromatic N) is 2. The lowest BCUT2D eigenvalue weighted by atomic mass is 10.3. The number of hydrogen-bond acceptors (Lipinski definition) is 4. The van der Waals surface area contributed by atoms with Crippen molar-refractivity contribution in [2.24, 2.45) is 9.98 Å². The van der Waals surface area contributed by atoms with Gasteiger partial charge in [-0.3, -0.25) is 9.98 Å². The Balaban J connectivity index is 1.72. The number of hydrogen-bond donors (Lipinski definition) is 1. The van der Waals surface area contributed by atoms with Crippen LogP contribution in [0.1, 0.15) is 9.75 Å². The largest absolute Gasteiger partial charge is 0.506 e. The van der Waals surface area contributed by atoms with Crippen LogP contribution in [0.15, 0.2) is 76.7 Å². The highest BCUT2D eigenvalue weighted by Gasteiger charge is 1.98. The first kappa shape index (κ1) is 14.2. The van der Waals surface area contributed by atoms with Crippen LogP contribution in [0.5, 0.6) is 5.75 Å². The zero-order valence-electron chi connectivity index (χ0n) is 11.8. The molecule has 0 fully saturated rings. The molecule has 1 aromatic heterocycles. The molecule has 0 saturated heterocycles. The first-order valence-corrected chi connectivity index (χ1v) is 7.64. The monoisotopic (exact) mass is 306 g/mol. The second-order valence-electron chi connectivity index (χ2n) is 4.58. The van der Waals surface area contributed by atoms with Crippen molar-refractivity contribution in [2.45, 2.75) is 0 Å². The summed E-state index contributed by atoms with van der Waals surface area (Å²) in [5.41, 5.74) is 1.50. The molecule has 0 bridgehead atoms. The molecule has 0 aliphatic carbocycles. The van der Waals surface area contributed by atoms with E-state index >= 15 is 0 Å². The molecule has 0 aliphatic heterocycles. The number of rotatable bonds is 4. The van der Waals surface area contributed by atoms with Crippen molar-refractivity contribution in [2.75, 3.05) is 0 Å². The van der Waals surface area contributed by atoms with Crippen molar-refractivity contribution in [3.63, 3.8) is 0 Å². The smallest absolute Gasteiger partial charge is 0.141 e. The Kier molecular flexibility index (Phi) is 4.41. The molecule has 0 unspecified atom stereocenters. The van der Waals surface area contributed by atoms with Crippen molar-refractivity contribution >= 4 is 35.1 Å². The lowest BCUT2D eigenvalue weighted by molar-refractivity contribution is 0.477. The Labute approximate surface area is 133 Å². The summed E-state index contributed by atoms with van der Waals surface area (Å²) < 4.78 is 0. The third kappa shape index (κ3) is 3.68. The van der Waals surface area contributed by atoms with Crippen LogP contribution in [0.3, 0.4) is 0 Å². The fourth-order valence-electron chi connectivity index (χ4n) is 1.87. The molecule has 108 valence electrons. The third-order valence-electron chi connectivity index (χ3n) is 2.96. The van der Waals surface area contributed by atoms with Gasteiger partial charge in [0.05, 0.1) is 5.69 Å². The van der Waals surface area contributed by atoms with E-state index in [2.05, 4.69) is 9.98 Å². The summed E-state index contributed by atoms with van der Waals surface area (Å²) in [6.45, 7) is 0. The van der Waals surface area contributed by atoms with Crippen LogP contribution in [0, 0.1) is 0 Å². The molecule has 0 amide bonds. The lowest BCUT2D eigenvalue weighted by Gasteiger charge is -1.95. The number of phenolic OH excluding ortho intramolecular Hbond substituents is 1. The number of benzene rings is 2. The molecule has 2 aromatic carbocycles. The first-order valence-electron chi connectivity index (χ1n) is 6.82. The molecule has 0 aliphatic rings. The Morgan fingerprint density at radius 1 is 0.727 bits per heavy atom. The van der Waals surface area contributed by atoms with Crippen LogP contribution < -0.4 is 0 Å². The van der Waals surface area contributed by atoms with Crippen LogP contribution >= 0.6 is 11.3 Å². The lowest BCUT2D eigenvalue weighted by Crippen LogP contribution is -1.73. The highest BCUT2D eigenvalue weighted by Crippen LogP contribution is 2.25. The molecule has 4 heteroatoms. The van der Waals surface area contributed by atoms with Gasteiger partial charge >= 0.3 is 0 Å². The highest BCUT2D eigenvalue weighted by atomic mass is 32.1. The van der Waals surface area contributed by atoms with Gasteiger partial charge in [-0.25, -0.2) is 0 Å². The van der Waals surface area contributed by atoms with Crippen molar-refractivity contribution < 1.29 is 5.11 Å². The molecule has 0 saturated carbocycles. The predicted molar refractivity (Wildman–Crippen MR) is 93.4 cm³/mol. The maximum Gasteiger partial charge on any atom is 0.141 e. The topological polar surface area (TPSA) is 45.0 Å². The molecule has 3 aromatic rings. The van der Waals surface area contributed by atoms with E-state index in [1.165, 1.54) is 0 Å². The van der Waals surface area contributed by atoms with Crippen molar-refractivity contribution in [3.05, 3.63) is 76.5 Å². The summed E-state index contributed by atoms with van der Waals surface area (Å²) >= 11 is 1.60. The quantitative estimate of drug-likeness (QED) is 0.681. The SMILES string of the molecule is Oc1ccccc1N=Cc1ccc(C=Nc2ccccc2)s1. The Morgan fingerprint density at radius 2 is 1.36 bits per heavy atom. The van der Waals surface area contributed by atoms with E-state index in [4.69, 9.17) is 0 Å². The zero-order chi connectivity index (χ0) is 15.2. The van der Waals surface area contributed by atoms with Gasteiger partial charge in [-0.2, -0.15) is 0 Å². The van der Waals surface area contributed by atoms with E-state index in [-0.39, 0.29) is 5.75 Å². The van der Waals surface area contributed by atoms with E-state index in [0.717, 1.165) is 15.4 Å². The number of para-hydroxylation sites is 3. The summed E-state index contributed by atoms with van der Waals surface area (Å²) in [7, 11) is 0. The van der Waals surface area contributed by atoms with E-state index in [9.17, 15) is 5.11 Å². The molecule has 3 rings (SSSR count). The third-order valence-corrected chi connectivity index (χ3v) is 3.91. The Morgan fingerprint density at radius 3 is 2.09 bits per heavy atom. The number of aliphatic imine (C=N–C) groups is 2. The minimum absolute atomic E-state index is 0.182. The molecule has 0 atom stereocenters.